The van der Waals surface area contributed by atoms with Gasteiger partial charge in [0.05, 0.1) is 11.6 Å². The van der Waals surface area contributed by atoms with Crippen molar-refractivity contribution in [1.29, 1.82) is 0 Å². The summed E-state index contributed by atoms with van der Waals surface area (Å²) in [5.41, 5.74) is 3.07. The molecule has 0 saturated carbocycles. The Labute approximate surface area is 164 Å². The normalized spacial score (nSPS) is 10.5. The van der Waals surface area contributed by atoms with Gasteiger partial charge in [0, 0.05) is 6.42 Å². The molecule has 0 spiro atoms. The van der Waals surface area contributed by atoms with Gasteiger partial charge in [-0.25, -0.2) is 0 Å². The van der Waals surface area contributed by atoms with Crippen LogP contribution in [0.4, 0.5) is 0 Å². The van der Waals surface area contributed by atoms with Crippen LogP contribution in [-0.4, -0.2) is 30.9 Å². The highest BCUT2D eigenvalue weighted by molar-refractivity contribution is 6.32. The topological polar surface area (TPSA) is 65.0 Å². The van der Waals surface area contributed by atoms with Gasteiger partial charge in [-0.1, -0.05) is 23.7 Å². The molecule has 146 valence electrons. The Morgan fingerprint density at radius 1 is 1.07 bits per heavy atom. The number of carboxylic acids is 1. The van der Waals surface area contributed by atoms with E-state index in [2.05, 4.69) is 0 Å². The third-order valence-corrected chi connectivity index (χ3v) is 4.42. The summed E-state index contributed by atoms with van der Waals surface area (Å²) >= 11 is 6.33. The van der Waals surface area contributed by atoms with Crippen molar-refractivity contribution in [3.8, 4) is 17.2 Å². The van der Waals surface area contributed by atoms with Gasteiger partial charge in [0.1, 0.15) is 19.0 Å². The molecule has 0 aliphatic rings. The Morgan fingerprint density at radius 3 is 2.52 bits per heavy atom. The number of carboxylic acid groups (broad SMARTS) is 1. The highest BCUT2D eigenvalue weighted by Gasteiger charge is 2.14. The van der Waals surface area contributed by atoms with Crippen molar-refractivity contribution in [3.63, 3.8) is 0 Å². The molecular formula is C21H25ClO5. The van der Waals surface area contributed by atoms with Crippen molar-refractivity contribution < 1.29 is 24.1 Å². The van der Waals surface area contributed by atoms with Crippen LogP contribution in [0.25, 0.3) is 0 Å². The van der Waals surface area contributed by atoms with E-state index >= 15 is 0 Å². The van der Waals surface area contributed by atoms with Crippen molar-refractivity contribution in [2.75, 3.05) is 19.8 Å². The summed E-state index contributed by atoms with van der Waals surface area (Å²) in [5.74, 6) is 0.936. The molecule has 2 aromatic rings. The lowest BCUT2D eigenvalue weighted by Gasteiger charge is -2.16. The van der Waals surface area contributed by atoms with E-state index in [1.54, 1.807) is 12.1 Å². The first-order chi connectivity index (χ1) is 12.9. The second-order valence-electron chi connectivity index (χ2n) is 6.13. The Kier molecular flexibility index (Phi) is 7.80. The second kappa shape index (κ2) is 10.1. The molecule has 0 aromatic heterocycles. The number of aryl methyl sites for hydroxylation is 2. The van der Waals surface area contributed by atoms with E-state index in [1.807, 2.05) is 39.0 Å². The van der Waals surface area contributed by atoms with Crippen molar-refractivity contribution in [1.82, 2.24) is 0 Å². The molecule has 0 amide bonds. The standard InChI is InChI=1S/C21H25ClO5/c1-4-25-19-13-16(8-9-20(23)24)12-17(22)21(19)27-11-10-26-18-7-5-6-14(2)15(18)3/h5-7,12-13H,4,8-11H2,1-3H3,(H,23,24). The lowest BCUT2D eigenvalue weighted by Crippen LogP contribution is -2.11. The van der Waals surface area contributed by atoms with Crippen LogP contribution in [0, 0.1) is 13.8 Å². The largest absolute Gasteiger partial charge is 0.490 e. The third kappa shape index (κ3) is 6.07. The van der Waals surface area contributed by atoms with Gasteiger partial charge in [-0.3, -0.25) is 4.79 Å². The molecule has 0 fully saturated rings. The molecule has 27 heavy (non-hydrogen) atoms. The molecular weight excluding hydrogens is 368 g/mol. The van der Waals surface area contributed by atoms with Gasteiger partial charge < -0.3 is 19.3 Å². The van der Waals surface area contributed by atoms with Crippen LogP contribution in [0.1, 0.15) is 30.0 Å². The molecule has 5 nitrogen and oxygen atoms in total. The number of halogens is 1. The quantitative estimate of drug-likeness (QED) is 0.586. The first-order valence-electron chi connectivity index (χ1n) is 8.91. The maximum Gasteiger partial charge on any atom is 0.303 e. The average Bonchev–Trinajstić information content (AvgIpc) is 2.62. The molecule has 0 atom stereocenters. The van der Waals surface area contributed by atoms with Gasteiger partial charge in [0.15, 0.2) is 11.5 Å². The third-order valence-electron chi connectivity index (χ3n) is 4.14. The molecule has 0 bridgehead atoms. The summed E-state index contributed by atoms with van der Waals surface area (Å²) < 4.78 is 17.2. The summed E-state index contributed by atoms with van der Waals surface area (Å²) in [5, 5.41) is 9.24. The van der Waals surface area contributed by atoms with Gasteiger partial charge in [-0.2, -0.15) is 0 Å². The summed E-state index contributed by atoms with van der Waals surface area (Å²) in [6.07, 6.45) is 0.414. The Balaban J connectivity index is 2.01. The van der Waals surface area contributed by atoms with Gasteiger partial charge in [-0.15, -0.1) is 0 Å². The maximum atomic E-state index is 10.8. The van der Waals surface area contributed by atoms with Crippen molar-refractivity contribution in [3.05, 3.63) is 52.0 Å². The number of benzene rings is 2. The zero-order valence-electron chi connectivity index (χ0n) is 15.9. The van der Waals surface area contributed by atoms with Crippen molar-refractivity contribution in [2.45, 2.75) is 33.6 Å². The number of rotatable bonds is 10. The van der Waals surface area contributed by atoms with Crippen LogP contribution in [0.15, 0.2) is 30.3 Å². The molecule has 0 aliphatic carbocycles. The molecule has 0 saturated heterocycles. The minimum absolute atomic E-state index is 0.0335. The van der Waals surface area contributed by atoms with E-state index in [-0.39, 0.29) is 6.42 Å². The summed E-state index contributed by atoms with van der Waals surface area (Å²) in [7, 11) is 0. The predicted octanol–water partition coefficient (Wildman–Crippen LogP) is 4.83. The summed E-state index contributed by atoms with van der Waals surface area (Å²) in [6.45, 7) is 7.05. The molecule has 0 radical (unpaired) electrons. The minimum Gasteiger partial charge on any atom is -0.490 e. The lowest BCUT2D eigenvalue weighted by molar-refractivity contribution is -0.136. The summed E-state index contributed by atoms with van der Waals surface area (Å²) in [4.78, 5) is 10.8. The predicted molar refractivity (Wildman–Crippen MR) is 105 cm³/mol. The minimum atomic E-state index is -0.854. The van der Waals surface area contributed by atoms with E-state index in [0.29, 0.717) is 42.8 Å². The Bertz CT molecular complexity index is 788. The van der Waals surface area contributed by atoms with Crippen LogP contribution >= 0.6 is 11.6 Å². The van der Waals surface area contributed by atoms with E-state index in [4.69, 9.17) is 30.9 Å². The fraction of sp³-hybridized carbons (Fsp3) is 0.381. The molecule has 2 rings (SSSR count). The second-order valence-corrected chi connectivity index (χ2v) is 6.53. The summed E-state index contributed by atoms with van der Waals surface area (Å²) in [6, 6.07) is 9.42. The number of hydrogen-bond acceptors (Lipinski definition) is 4. The zero-order chi connectivity index (χ0) is 19.8. The maximum absolute atomic E-state index is 10.8. The van der Waals surface area contributed by atoms with E-state index in [0.717, 1.165) is 16.9 Å². The van der Waals surface area contributed by atoms with Gasteiger partial charge in [0.25, 0.3) is 0 Å². The molecule has 6 heteroatoms. The lowest BCUT2D eigenvalue weighted by atomic mass is 10.1. The molecule has 0 aliphatic heterocycles. The Morgan fingerprint density at radius 2 is 1.81 bits per heavy atom. The molecule has 2 aromatic carbocycles. The SMILES string of the molecule is CCOc1cc(CCC(=O)O)cc(Cl)c1OCCOc1cccc(C)c1C. The van der Waals surface area contributed by atoms with Crippen LogP contribution in [0.2, 0.25) is 5.02 Å². The Hall–Kier alpha value is -2.40. The van der Waals surface area contributed by atoms with Crippen LogP contribution in [0.5, 0.6) is 17.2 Å². The molecule has 0 unspecified atom stereocenters. The van der Waals surface area contributed by atoms with Crippen molar-refractivity contribution in [2.24, 2.45) is 0 Å². The first-order valence-corrected chi connectivity index (χ1v) is 9.29. The van der Waals surface area contributed by atoms with Crippen LogP contribution in [-0.2, 0) is 11.2 Å². The van der Waals surface area contributed by atoms with Crippen molar-refractivity contribution >= 4 is 17.6 Å². The highest BCUT2D eigenvalue weighted by Crippen LogP contribution is 2.37. The van der Waals surface area contributed by atoms with Gasteiger partial charge in [-0.05, 0) is 62.1 Å². The number of hydrogen-bond donors (Lipinski definition) is 1. The zero-order valence-corrected chi connectivity index (χ0v) is 16.6. The number of carbonyl (C=O) groups is 1. The highest BCUT2D eigenvalue weighted by atomic mass is 35.5. The molecule has 1 N–H and O–H groups in total. The molecule has 0 heterocycles. The van der Waals surface area contributed by atoms with E-state index in [9.17, 15) is 4.79 Å². The number of ether oxygens (including phenoxy) is 3. The van der Waals surface area contributed by atoms with E-state index in [1.165, 1.54) is 5.56 Å². The van der Waals surface area contributed by atoms with E-state index < -0.39 is 5.97 Å². The number of aliphatic carboxylic acids is 1. The first kappa shape index (κ1) is 20.9. The fourth-order valence-electron chi connectivity index (χ4n) is 2.60. The van der Waals surface area contributed by atoms with Gasteiger partial charge >= 0.3 is 5.97 Å². The average molecular weight is 393 g/mol. The van der Waals surface area contributed by atoms with Crippen LogP contribution in [0.3, 0.4) is 0 Å². The smallest absolute Gasteiger partial charge is 0.303 e. The monoisotopic (exact) mass is 392 g/mol. The van der Waals surface area contributed by atoms with Gasteiger partial charge in [0.2, 0.25) is 0 Å². The fourth-order valence-corrected chi connectivity index (χ4v) is 2.88. The van der Waals surface area contributed by atoms with Crippen LogP contribution < -0.4 is 14.2 Å².